The van der Waals surface area contributed by atoms with Crippen LogP contribution in [0.4, 0.5) is 0 Å². The lowest BCUT2D eigenvalue weighted by Gasteiger charge is -2.04. The van der Waals surface area contributed by atoms with Crippen molar-refractivity contribution >= 4 is 28.5 Å². The Labute approximate surface area is 91.6 Å². The molecule has 0 aliphatic rings. The van der Waals surface area contributed by atoms with E-state index in [2.05, 4.69) is 9.72 Å². The maximum absolute atomic E-state index is 11.3. The third-order valence-electron chi connectivity index (χ3n) is 2.12. The number of hydrogen-bond donors (Lipinski definition) is 0. The fourth-order valence-corrected chi connectivity index (χ4v) is 1.65. The second-order valence-electron chi connectivity index (χ2n) is 2.99. The van der Waals surface area contributed by atoms with Crippen molar-refractivity contribution in [3.05, 3.63) is 41.0 Å². The molecule has 3 nitrogen and oxygen atoms in total. The van der Waals surface area contributed by atoms with Crippen LogP contribution in [-0.4, -0.2) is 18.1 Å². The van der Waals surface area contributed by atoms with Crippen LogP contribution in [0.2, 0.25) is 5.02 Å². The van der Waals surface area contributed by atoms with E-state index in [-0.39, 0.29) is 5.56 Å². The molecule has 0 fully saturated rings. The molecule has 0 radical (unpaired) electrons. The zero-order valence-electron chi connectivity index (χ0n) is 8.03. The monoisotopic (exact) mass is 221 g/mol. The molecule has 0 N–H and O–H groups in total. The molecule has 2 aromatic rings. The highest BCUT2D eigenvalue weighted by Crippen LogP contribution is 2.25. The van der Waals surface area contributed by atoms with Crippen LogP contribution in [0, 0.1) is 0 Å². The van der Waals surface area contributed by atoms with Gasteiger partial charge in [-0.25, -0.2) is 4.79 Å². The summed E-state index contributed by atoms with van der Waals surface area (Å²) in [7, 11) is 1.31. The standard InChI is InChI=1S/C11H8ClNO2/c1-15-11(14)8-6-13-9-5-3-2-4-7(9)10(8)12/h2-6H,1H3. The van der Waals surface area contributed by atoms with Crippen molar-refractivity contribution in [2.45, 2.75) is 0 Å². The topological polar surface area (TPSA) is 39.2 Å². The number of para-hydroxylation sites is 1. The van der Waals surface area contributed by atoms with Gasteiger partial charge in [-0.3, -0.25) is 4.98 Å². The van der Waals surface area contributed by atoms with Gasteiger partial charge in [0.15, 0.2) is 0 Å². The summed E-state index contributed by atoms with van der Waals surface area (Å²) < 4.78 is 4.60. The summed E-state index contributed by atoms with van der Waals surface area (Å²) in [5.41, 5.74) is 1.05. The van der Waals surface area contributed by atoms with E-state index in [1.165, 1.54) is 13.3 Å². The minimum Gasteiger partial charge on any atom is -0.465 e. The molecular formula is C11H8ClNO2. The first-order valence-electron chi connectivity index (χ1n) is 4.35. The Hall–Kier alpha value is -1.61. The zero-order chi connectivity index (χ0) is 10.8. The van der Waals surface area contributed by atoms with Crippen LogP contribution in [-0.2, 0) is 4.74 Å². The van der Waals surface area contributed by atoms with Crippen LogP contribution in [0.3, 0.4) is 0 Å². The number of ether oxygens (including phenoxy) is 1. The molecule has 4 heteroatoms. The van der Waals surface area contributed by atoms with E-state index in [4.69, 9.17) is 11.6 Å². The normalized spacial score (nSPS) is 10.3. The molecule has 0 saturated carbocycles. The number of rotatable bonds is 1. The summed E-state index contributed by atoms with van der Waals surface area (Å²) in [4.78, 5) is 15.5. The fourth-order valence-electron chi connectivity index (χ4n) is 1.36. The highest BCUT2D eigenvalue weighted by molar-refractivity contribution is 6.38. The lowest BCUT2D eigenvalue weighted by molar-refractivity contribution is 0.0600. The summed E-state index contributed by atoms with van der Waals surface area (Å²) in [6, 6.07) is 7.36. The Bertz CT molecular complexity index is 525. The summed E-state index contributed by atoms with van der Waals surface area (Å²) in [6.45, 7) is 0. The third-order valence-corrected chi connectivity index (χ3v) is 2.52. The number of aromatic nitrogens is 1. The molecule has 0 saturated heterocycles. The second-order valence-corrected chi connectivity index (χ2v) is 3.37. The quantitative estimate of drug-likeness (QED) is 0.695. The molecule has 0 spiro atoms. The molecule has 0 bridgehead atoms. The maximum Gasteiger partial charge on any atom is 0.340 e. The Morgan fingerprint density at radius 1 is 1.40 bits per heavy atom. The van der Waals surface area contributed by atoms with Gasteiger partial charge in [-0.1, -0.05) is 29.8 Å². The molecule has 0 amide bonds. The summed E-state index contributed by atoms with van der Waals surface area (Å²) >= 11 is 6.07. The van der Waals surface area contributed by atoms with E-state index in [1.807, 2.05) is 24.3 Å². The first-order chi connectivity index (χ1) is 7.24. The van der Waals surface area contributed by atoms with Crippen molar-refractivity contribution in [1.82, 2.24) is 4.98 Å². The van der Waals surface area contributed by atoms with Crippen molar-refractivity contribution < 1.29 is 9.53 Å². The van der Waals surface area contributed by atoms with Gasteiger partial charge in [0.2, 0.25) is 0 Å². The van der Waals surface area contributed by atoms with Crippen molar-refractivity contribution in [2.24, 2.45) is 0 Å². The number of carbonyl (C=O) groups is 1. The SMILES string of the molecule is COC(=O)c1cnc2ccccc2c1Cl. The number of hydrogen-bond acceptors (Lipinski definition) is 3. The summed E-state index contributed by atoms with van der Waals surface area (Å²) in [5, 5.41) is 1.13. The van der Waals surface area contributed by atoms with E-state index in [0.717, 1.165) is 10.9 Å². The number of carbonyl (C=O) groups excluding carboxylic acids is 1. The van der Waals surface area contributed by atoms with Gasteiger partial charge in [-0.05, 0) is 6.07 Å². The number of pyridine rings is 1. The molecule has 15 heavy (non-hydrogen) atoms. The van der Waals surface area contributed by atoms with Gasteiger partial charge in [0, 0.05) is 11.6 Å². The zero-order valence-corrected chi connectivity index (χ0v) is 8.78. The Kier molecular flexibility index (Phi) is 2.56. The highest BCUT2D eigenvalue weighted by atomic mass is 35.5. The van der Waals surface area contributed by atoms with Crippen molar-refractivity contribution in [1.29, 1.82) is 0 Å². The van der Waals surface area contributed by atoms with Crippen molar-refractivity contribution in [3.63, 3.8) is 0 Å². The maximum atomic E-state index is 11.3. The molecule has 0 aliphatic carbocycles. The van der Waals surface area contributed by atoms with Crippen LogP contribution in [0.25, 0.3) is 10.9 Å². The number of fused-ring (bicyclic) bond motifs is 1. The van der Waals surface area contributed by atoms with Gasteiger partial charge in [-0.15, -0.1) is 0 Å². The average molecular weight is 222 g/mol. The molecule has 76 valence electrons. The van der Waals surface area contributed by atoms with E-state index in [9.17, 15) is 4.79 Å². The smallest absolute Gasteiger partial charge is 0.340 e. The predicted molar refractivity (Wildman–Crippen MR) is 58.1 cm³/mol. The first kappa shape index (κ1) is 9.93. The third kappa shape index (κ3) is 1.66. The summed E-state index contributed by atoms with van der Waals surface area (Å²) in [6.07, 6.45) is 1.43. The largest absolute Gasteiger partial charge is 0.465 e. The van der Waals surface area contributed by atoms with E-state index >= 15 is 0 Å². The van der Waals surface area contributed by atoms with Crippen molar-refractivity contribution in [3.8, 4) is 0 Å². The minimum absolute atomic E-state index is 0.290. The molecule has 2 rings (SSSR count). The number of esters is 1. The van der Waals surface area contributed by atoms with Crippen LogP contribution in [0.1, 0.15) is 10.4 Å². The number of benzene rings is 1. The average Bonchev–Trinajstić information content (AvgIpc) is 2.29. The molecule has 1 aromatic carbocycles. The van der Waals surface area contributed by atoms with Crippen LogP contribution in [0.15, 0.2) is 30.5 Å². The van der Waals surface area contributed by atoms with Gasteiger partial charge < -0.3 is 4.74 Å². The Morgan fingerprint density at radius 2 is 2.13 bits per heavy atom. The van der Waals surface area contributed by atoms with E-state index < -0.39 is 5.97 Å². The summed E-state index contributed by atoms with van der Waals surface area (Å²) in [5.74, 6) is -0.474. The van der Waals surface area contributed by atoms with Gasteiger partial charge >= 0.3 is 5.97 Å². The van der Waals surface area contributed by atoms with Crippen LogP contribution in [0.5, 0.6) is 0 Å². The van der Waals surface area contributed by atoms with Crippen LogP contribution < -0.4 is 0 Å². The highest BCUT2D eigenvalue weighted by Gasteiger charge is 2.13. The lowest BCUT2D eigenvalue weighted by Crippen LogP contribution is -2.03. The van der Waals surface area contributed by atoms with Gasteiger partial charge in [0.25, 0.3) is 0 Å². The molecule has 1 aromatic heterocycles. The molecule has 1 heterocycles. The van der Waals surface area contributed by atoms with Gasteiger partial charge in [0.05, 0.1) is 23.2 Å². The Morgan fingerprint density at radius 3 is 2.87 bits per heavy atom. The number of nitrogens with zero attached hydrogens (tertiary/aromatic N) is 1. The predicted octanol–water partition coefficient (Wildman–Crippen LogP) is 2.67. The van der Waals surface area contributed by atoms with Gasteiger partial charge in [0.1, 0.15) is 0 Å². The van der Waals surface area contributed by atoms with Crippen LogP contribution >= 0.6 is 11.6 Å². The molecule has 0 unspecified atom stereocenters. The second kappa shape index (κ2) is 3.87. The first-order valence-corrected chi connectivity index (χ1v) is 4.73. The van der Waals surface area contributed by atoms with E-state index in [1.54, 1.807) is 0 Å². The van der Waals surface area contributed by atoms with Crippen molar-refractivity contribution in [2.75, 3.05) is 7.11 Å². The minimum atomic E-state index is -0.474. The van der Waals surface area contributed by atoms with Gasteiger partial charge in [-0.2, -0.15) is 0 Å². The van der Waals surface area contributed by atoms with E-state index in [0.29, 0.717) is 5.02 Å². The Balaban J connectivity index is 2.70. The number of methoxy groups -OCH3 is 1. The molecule has 0 aliphatic heterocycles. The molecular weight excluding hydrogens is 214 g/mol. The number of halogens is 1. The lowest BCUT2D eigenvalue weighted by atomic mass is 10.1. The fraction of sp³-hybridized carbons (Fsp3) is 0.0909. The molecule has 0 atom stereocenters.